The average molecular weight is 312 g/mol. The van der Waals surface area contributed by atoms with Crippen LogP contribution in [-0.2, 0) is 6.42 Å². The van der Waals surface area contributed by atoms with Gasteiger partial charge in [-0.3, -0.25) is 4.79 Å². The summed E-state index contributed by atoms with van der Waals surface area (Å²) >= 11 is 1.38. The molecule has 6 heteroatoms. The van der Waals surface area contributed by atoms with E-state index in [0.717, 1.165) is 17.7 Å². The van der Waals surface area contributed by atoms with Crippen molar-refractivity contribution in [2.24, 2.45) is 0 Å². The number of hydrogen-bond donors (Lipinski definition) is 1. The highest BCUT2D eigenvalue weighted by molar-refractivity contribution is 7.20. The average Bonchev–Trinajstić information content (AvgIpc) is 2.96. The van der Waals surface area contributed by atoms with Crippen LogP contribution < -0.4 is 10.9 Å². The Morgan fingerprint density at radius 1 is 1.32 bits per heavy atom. The van der Waals surface area contributed by atoms with Gasteiger partial charge >= 0.3 is 0 Å². The second-order valence-corrected chi connectivity index (χ2v) is 5.69. The minimum absolute atomic E-state index is 0.133. The molecule has 3 aromatic rings. The van der Waals surface area contributed by atoms with Gasteiger partial charge in [0.1, 0.15) is 0 Å². The predicted molar refractivity (Wildman–Crippen MR) is 90.5 cm³/mol. The molecule has 0 saturated carbocycles. The maximum absolute atomic E-state index is 11.9. The quantitative estimate of drug-likeness (QED) is 0.787. The second-order valence-electron chi connectivity index (χ2n) is 4.73. The Morgan fingerprint density at radius 2 is 2.14 bits per heavy atom. The lowest BCUT2D eigenvalue weighted by Crippen LogP contribution is -2.15. The number of benzene rings is 1. The zero-order chi connectivity index (χ0) is 15.4. The Labute approximate surface area is 132 Å². The first kappa shape index (κ1) is 14.5. The Hall–Kier alpha value is -2.47. The molecule has 0 spiro atoms. The molecule has 0 atom stereocenters. The summed E-state index contributed by atoms with van der Waals surface area (Å²) in [6, 6.07) is 11.6. The largest absolute Gasteiger partial charge is 0.357 e. The van der Waals surface area contributed by atoms with Gasteiger partial charge in [-0.1, -0.05) is 60.7 Å². The summed E-state index contributed by atoms with van der Waals surface area (Å²) in [5.41, 5.74) is 1.81. The molecule has 3 rings (SSSR count). The molecule has 0 bridgehead atoms. The van der Waals surface area contributed by atoms with Gasteiger partial charge < -0.3 is 5.32 Å². The van der Waals surface area contributed by atoms with Crippen LogP contribution in [0.2, 0.25) is 0 Å². The monoisotopic (exact) mass is 312 g/mol. The van der Waals surface area contributed by atoms with Gasteiger partial charge in [-0.25, -0.2) is 4.98 Å². The zero-order valence-electron chi connectivity index (χ0n) is 12.2. The molecular formula is C16H16N4OS. The van der Waals surface area contributed by atoms with Gasteiger partial charge in [0.05, 0.1) is 0 Å². The smallest absolute Gasteiger partial charge is 0.275 e. The van der Waals surface area contributed by atoms with Gasteiger partial charge in [-0.2, -0.15) is 4.52 Å². The van der Waals surface area contributed by atoms with E-state index in [1.54, 1.807) is 0 Å². The predicted octanol–water partition coefficient (Wildman–Crippen LogP) is 2.84. The molecule has 112 valence electrons. The van der Waals surface area contributed by atoms with E-state index in [0.29, 0.717) is 16.6 Å². The maximum atomic E-state index is 11.9. The van der Waals surface area contributed by atoms with E-state index in [1.165, 1.54) is 21.9 Å². The van der Waals surface area contributed by atoms with Crippen molar-refractivity contribution >= 4 is 27.5 Å². The number of nitrogens with zero attached hydrogens (tertiary/aromatic N) is 3. The van der Waals surface area contributed by atoms with Gasteiger partial charge in [0, 0.05) is 18.3 Å². The molecule has 0 fully saturated rings. The minimum atomic E-state index is -0.133. The summed E-state index contributed by atoms with van der Waals surface area (Å²) in [5.74, 6) is 0. The van der Waals surface area contributed by atoms with Crippen LogP contribution in [-0.4, -0.2) is 21.1 Å². The summed E-state index contributed by atoms with van der Waals surface area (Å²) in [6.07, 6.45) is 4.81. The summed E-state index contributed by atoms with van der Waals surface area (Å²) in [4.78, 5) is 16.9. The normalized spacial score (nSPS) is 11.3. The van der Waals surface area contributed by atoms with E-state index >= 15 is 0 Å². The van der Waals surface area contributed by atoms with E-state index in [2.05, 4.69) is 15.4 Å². The van der Waals surface area contributed by atoms with Crippen LogP contribution in [0.3, 0.4) is 0 Å². The Kier molecular flexibility index (Phi) is 4.29. The molecule has 0 radical (unpaired) electrons. The van der Waals surface area contributed by atoms with Gasteiger partial charge in [-0.05, 0) is 12.0 Å². The molecule has 0 amide bonds. The fourth-order valence-electron chi connectivity index (χ4n) is 2.01. The minimum Gasteiger partial charge on any atom is -0.357 e. The van der Waals surface area contributed by atoms with E-state index in [4.69, 9.17) is 0 Å². The van der Waals surface area contributed by atoms with E-state index in [1.807, 2.05) is 49.4 Å². The van der Waals surface area contributed by atoms with Crippen molar-refractivity contribution in [3.63, 3.8) is 0 Å². The second kappa shape index (κ2) is 6.53. The lowest BCUT2D eigenvalue weighted by molar-refractivity contribution is 0.877. The van der Waals surface area contributed by atoms with Crippen LogP contribution in [0.15, 0.2) is 47.3 Å². The van der Waals surface area contributed by atoms with Crippen LogP contribution in [0.4, 0.5) is 5.13 Å². The summed E-state index contributed by atoms with van der Waals surface area (Å²) in [6.45, 7) is 2.62. The van der Waals surface area contributed by atoms with E-state index in [-0.39, 0.29) is 5.56 Å². The summed E-state index contributed by atoms with van der Waals surface area (Å²) < 4.78 is 1.34. The lowest BCUT2D eigenvalue weighted by atomic mass is 10.2. The Balaban J connectivity index is 1.71. The Bertz CT molecular complexity index is 851. The number of rotatable bonds is 5. The number of hydrogen-bond acceptors (Lipinski definition) is 5. The fourth-order valence-corrected chi connectivity index (χ4v) is 2.85. The molecule has 2 heterocycles. The molecule has 1 aromatic carbocycles. The molecule has 1 N–H and O–H groups in total. The highest BCUT2D eigenvalue weighted by atomic mass is 32.1. The number of nitrogens with one attached hydrogen (secondary N) is 1. The number of anilines is 1. The fraction of sp³-hybridized carbons (Fsp3) is 0.188. The van der Waals surface area contributed by atoms with E-state index in [9.17, 15) is 4.79 Å². The first-order valence-corrected chi connectivity index (χ1v) is 7.93. The first-order chi connectivity index (χ1) is 10.8. The summed E-state index contributed by atoms with van der Waals surface area (Å²) in [7, 11) is 0. The number of aryl methyl sites for hydroxylation is 1. The number of aromatic nitrogens is 3. The van der Waals surface area contributed by atoms with Crippen molar-refractivity contribution in [3.8, 4) is 0 Å². The molecule has 0 unspecified atom stereocenters. The standard InChI is InChI=1S/C16H16N4OS/c1-2-13-11-14(21)20-16(18-13)22-15(19-20)17-10-6-9-12-7-4-3-5-8-12/h3-9,11H,2,10H2,1H3,(H,17,19)/b9-6+. The van der Waals surface area contributed by atoms with Crippen molar-refractivity contribution in [1.29, 1.82) is 0 Å². The lowest BCUT2D eigenvalue weighted by Gasteiger charge is -1.95. The maximum Gasteiger partial charge on any atom is 0.275 e. The molecule has 0 aliphatic rings. The van der Waals surface area contributed by atoms with Crippen LogP contribution in [0.25, 0.3) is 11.0 Å². The molecule has 5 nitrogen and oxygen atoms in total. The van der Waals surface area contributed by atoms with Crippen LogP contribution >= 0.6 is 11.3 Å². The summed E-state index contributed by atoms with van der Waals surface area (Å²) in [5, 5.41) is 8.13. The molecule has 22 heavy (non-hydrogen) atoms. The van der Waals surface area contributed by atoms with Crippen LogP contribution in [0.5, 0.6) is 0 Å². The van der Waals surface area contributed by atoms with Gasteiger partial charge in [0.2, 0.25) is 10.1 Å². The van der Waals surface area contributed by atoms with Gasteiger partial charge in [0.25, 0.3) is 5.56 Å². The first-order valence-electron chi connectivity index (χ1n) is 7.11. The van der Waals surface area contributed by atoms with Crippen molar-refractivity contribution in [3.05, 3.63) is 64.1 Å². The highest BCUT2D eigenvalue weighted by Crippen LogP contribution is 2.16. The molecule has 0 saturated heterocycles. The third-order valence-electron chi connectivity index (χ3n) is 3.14. The Morgan fingerprint density at radius 3 is 2.91 bits per heavy atom. The van der Waals surface area contributed by atoms with Gasteiger partial charge in [-0.15, -0.1) is 5.10 Å². The molecule has 0 aliphatic heterocycles. The third-order valence-corrected chi connectivity index (χ3v) is 4.01. The molecule has 0 aliphatic carbocycles. The zero-order valence-corrected chi connectivity index (χ0v) is 13.0. The third kappa shape index (κ3) is 3.23. The van der Waals surface area contributed by atoms with Crippen molar-refractivity contribution in [1.82, 2.24) is 14.6 Å². The van der Waals surface area contributed by atoms with Gasteiger partial charge in [0.15, 0.2) is 0 Å². The molecule has 2 aromatic heterocycles. The van der Waals surface area contributed by atoms with Crippen molar-refractivity contribution < 1.29 is 0 Å². The van der Waals surface area contributed by atoms with E-state index < -0.39 is 0 Å². The van der Waals surface area contributed by atoms with Crippen molar-refractivity contribution in [2.45, 2.75) is 13.3 Å². The SMILES string of the molecule is CCc1cc(=O)n2nc(NC/C=C/c3ccccc3)sc2n1. The topological polar surface area (TPSA) is 59.3 Å². The highest BCUT2D eigenvalue weighted by Gasteiger charge is 2.07. The van der Waals surface area contributed by atoms with Crippen LogP contribution in [0.1, 0.15) is 18.2 Å². The van der Waals surface area contributed by atoms with Crippen molar-refractivity contribution in [2.75, 3.05) is 11.9 Å². The number of fused-ring (bicyclic) bond motifs is 1. The van der Waals surface area contributed by atoms with Crippen LogP contribution in [0, 0.1) is 0 Å². The molecular weight excluding hydrogens is 296 g/mol.